The lowest BCUT2D eigenvalue weighted by Gasteiger charge is -2.13. The van der Waals surface area contributed by atoms with E-state index in [1.165, 1.54) is 0 Å². The highest BCUT2D eigenvalue weighted by Crippen LogP contribution is 2.16. The molecule has 2 N–H and O–H groups in total. The number of carbonyl (C=O) groups is 1. The largest absolute Gasteiger partial charge is 0.394 e. The molecule has 0 aromatic rings. The maximum atomic E-state index is 11.9. The molecule has 4 nitrogen and oxygen atoms in total. The van der Waals surface area contributed by atoms with Gasteiger partial charge in [0.1, 0.15) is 5.70 Å². The Labute approximate surface area is 67.4 Å². The molecule has 0 bridgehead atoms. The van der Waals surface area contributed by atoms with E-state index in [9.17, 15) is 13.6 Å². The minimum Gasteiger partial charge on any atom is -0.394 e. The molecule has 0 aliphatic carbocycles. The van der Waals surface area contributed by atoms with Crippen molar-refractivity contribution < 1.29 is 18.7 Å². The molecule has 0 aromatic carbocycles. The Hall–Kier alpha value is -1.17. The first-order valence-corrected chi connectivity index (χ1v) is 3.37. The molecule has 0 spiro atoms. The van der Waals surface area contributed by atoms with Crippen molar-refractivity contribution in [2.45, 2.75) is 6.42 Å². The molecule has 0 saturated carbocycles. The molecule has 0 radical (unpaired) electrons. The highest BCUT2D eigenvalue weighted by molar-refractivity contribution is 5.80. The summed E-state index contributed by atoms with van der Waals surface area (Å²) in [6, 6.07) is 0. The van der Waals surface area contributed by atoms with Crippen LogP contribution in [0.4, 0.5) is 8.78 Å². The van der Waals surface area contributed by atoms with E-state index in [2.05, 4.69) is 5.43 Å². The summed E-state index contributed by atoms with van der Waals surface area (Å²) in [7, 11) is 0. The van der Waals surface area contributed by atoms with Crippen LogP contribution in [0.25, 0.3) is 0 Å². The van der Waals surface area contributed by atoms with Gasteiger partial charge in [0.2, 0.25) is 5.91 Å². The molecule has 0 unspecified atom stereocenters. The van der Waals surface area contributed by atoms with Gasteiger partial charge in [-0.05, 0) is 0 Å². The molecule has 1 saturated heterocycles. The SMILES string of the molecule is O=C1CC(=C(F)F)NN1CCO. The van der Waals surface area contributed by atoms with Crippen molar-refractivity contribution in [1.82, 2.24) is 10.4 Å². The van der Waals surface area contributed by atoms with E-state index in [4.69, 9.17) is 5.11 Å². The van der Waals surface area contributed by atoms with Gasteiger partial charge in [0.25, 0.3) is 6.08 Å². The third-order valence-electron chi connectivity index (χ3n) is 1.45. The van der Waals surface area contributed by atoms with Gasteiger partial charge in [0, 0.05) is 0 Å². The van der Waals surface area contributed by atoms with Crippen LogP contribution in [0.1, 0.15) is 6.42 Å². The zero-order valence-corrected chi connectivity index (χ0v) is 6.18. The first kappa shape index (κ1) is 8.92. The van der Waals surface area contributed by atoms with Gasteiger partial charge in [-0.25, -0.2) is 0 Å². The molecular formula is C6H8F2N2O2. The van der Waals surface area contributed by atoms with E-state index >= 15 is 0 Å². The lowest BCUT2D eigenvalue weighted by atomic mass is 10.3. The molecule has 1 rings (SSSR count). The van der Waals surface area contributed by atoms with Gasteiger partial charge in [0.15, 0.2) is 0 Å². The number of aliphatic hydroxyl groups excluding tert-OH is 1. The summed E-state index contributed by atoms with van der Waals surface area (Å²) >= 11 is 0. The number of rotatable bonds is 2. The van der Waals surface area contributed by atoms with Gasteiger partial charge in [0.05, 0.1) is 19.6 Å². The highest BCUT2D eigenvalue weighted by Gasteiger charge is 2.26. The Bertz CT molecular complexity index is 226. The van der Waals surface area contributed by atoms with Gasteiger partial charge in [-0.1, -0.05) is 0 Å². The topological polar surface area (TPSA) is 52.6 Å². The Morgan fingerprint density at radius 1 is 1.67 bits per heavy atom. The number of aliphatic hydroxyl groups is 1. The maximum Gasteiger partial charge on any atom is 0.291 e. The van der Waals surface area contributed by atoms with Gasteiger partial charge in [-0.2, -0.15) is 8.78 Å². The van der Waals surface area contributed by atoms with Crippen LogP contribution < -0.4 is 5.43 Å². The fourth-order valence-electron chi connectivity index (χ4n) is 0.901. The molecule has 1 heterocycles. The minimum absolute atomic E-state index is 0.0234. The lowest BCUT2D eigenvalue weighted by molar-refractivity contribution is -0.130. The lowest BCUT2D eigenvalue weighted by Crippen LogP contribution is -2.36. The van der Waals surface area contributed by atoms with Gasteiger partial charge in [-0.15, -0.1) is 0 Å². The Kier molecular flexibility index (Phi) is 2.59. The van der Waals surface area contributed by atoms with Gasteiger partial charge in [-0.3, -0.25) is 15.2 Å². The third-order valence-corrected chi connectivity index (χ3v) is 1.45. The summed E-state index contributed by atoms with van der Waals surface area (Å²) in [5, 5.41) is 9.40. The van der Waals surface area contributed by atoms with Crippen molar-refractivity contribution in [1.29, 1.82) is 0 Å². The normalized spacial score (nSPS) is 16.8. The minimum atomic E-state index is -1.89. The van der Waals surface area contributed by atoms with Crippen LogP contribution in [-0.4, -0.2) is 29.2 Å². The molecule has 1 aliphatic heterocycles. The number of amides is 1. The number of hydrazine groups is 1. The zero-order chi connectivity index (χ0) is 9.14. The summed E-state index contributed by atoms with van der Waals surface area (Å²) in [5.41, 5.74) is 1.81. The van der Waals surface area contributed by atoms with E-state index in [1.54, 1.807) is 0 Å². The van der Waals surface area contributed by atoms with Crippen molar-refractivity contribution in [3.63, 3.8) is 0 Å². The van der Waals surface area contributed by atoms with Crippen LogP contribution >= 0.6 is 0 Å². The molecule has 1 amide bonds. The average Bonchev–Trinajstić information content (AvgIpc) is 2.34. The standard InChI is InChI=1S/C6H8F2N2O2/c7-6(8)4-3-5(12)10(9-4)1-2-11/h9,11H,1-3H2. The van der Waals surface area contributed by atoms with Crippen molar-refractivity contribution >= 4 is 5.91 Å². The van der Waals surface area contributed by atoms with E-state index in [-0.39, 0.29) is 25.3 Å². The van der Waals surface area contributed by atoms with Gasteiger partial charge >= 0.3 is 0 Å². The van der Waals surface area contributed by atoms with Crippen molar-refractivity contribution in [2.75, 3.05) is 13.2 Å². The summed E-state index contributed by atoms with van der Waals surface area (Å²) < 4.78 is 23.8. The molecule has 1 fully saturated rings. The molecule has 0 aromatic heterocycles. The summed E-state index contributed by atoms with van der Waals surface area (Å²) in [6.07, 6.45) is -2.20. The van der Waals surface area contributed by atoms with Crippen molar-refractivity contribution in [3.8, 4) is 0 Å². The summed E-state index contributed by atoms with van der Waals surface area (Å²) in [5.74, 6) is -0.452. The number of halogens is 2. The van der Waals surface area contributed by atoms with Crippen LogP contribution in [0.2, 0.25) is 0 Å². The van der Waals surface area contributed by atoms with E-state index in [0.29, 0.717) is 0 Å². The molecule has 0 atom stereocenters. The van der Waals surface area contributed by atoms with E-state index < -0.39 is 12.0 Å². The van der Waals surface area contributed by atoms with E-state index in [0.717, 1.165) is 5.01 Å². The quantitative estimate of drug-likeness (QED) is 0.617. The van der Waals surface area contributed by atoms with Crippen LogP contribution in [-0.2, 0) is 4.79 Å². The van der Waals surface area contributed by atoms with Crippen molar-refractivity contribution in [2.24, 2.45) is 0 Å². The van der Waals surface area contributed by atoms with Crippen LogP contribution in [0, 0.1) is 0 Å². The number of carbonyl (C=O) groups excluding carboxylic acids is 1. The third kappa shape index (κ3) is 1.70. The van der Waals surface area contributed by atoms with Gasteiger partial charge < -0.3 is 5.11 Å². The maximum absolute atomic E-state index is 11.9. The zero-order valence-electron chi connectivity index (χ0n) is 6.18. The Morgan fingerprint density at radius 3 is 2.75 bits per heavy atom. The Balaban J connectivity index is 2.62. The number of hydrogen-bond donors (Lipinski definition) is 2. The predicted octanol–water partition coefficient (Wildman–Crippen LogP) is -0.176. The molecule has 12 heavy (non-hydrogen) atoms. The molecular weight excluding hydrogens is 170 g/mol. The number of hydrogen-bond acceptors (Lipinski definition) is 3. The Morgan fingerprint density at radius 2 is 2.33 bits per heavy atom. The summed E-state index contributed by atoms with van der Waals surface area (Å²) in [4.78, 5) is 10.9. The van der Waals surface area contributed by atoms with Crippen molar-refractivity contribution in [3.05, 3.63) is 11.8 Å². The first-order valence-electron chi connectivity index (χ1n) is 3.37. The second-order valence-corrected chi connectivity index (χ2v) is 2.30. The molecule has 68 valence electrons. The second kappa shape index (κ2) is 3.48. The summed E-state index contributed by atoms with van der Waals surface area (Å²) in [6.45, 7) is -0.227. The van der Waals surface area contributed by atoms with Crippen LogP contribution in [0.3, 0.4) is 0 Å². The monoisotopic (exact) mass is 178 g/mol. The molecule has 1 aliphatic rings. The van der Waals surface area contributed by atoms with Crippen LogP contribution in [0.15, 0.2) is 11.8 Å². The fourth-order valence-corrected chi connectivity index (χ4v) is 0.901. The van der Waals surface area contributed by atoms with Crippen LogP contribution in [0.5, 0.6) is 0 Å². The fraction of sp³-hybridized carbons (Fsp3) is 0.500. The second-order valence-electron chi connectivity index (χ2n) is 2.30. The number of β-amino-alcohol motifs (C(OH)–C–C–N with tert-alkyl or cyclic N) is 1. The van der Waals surface area contributed by atoms with E-state index in [1.807, 2.05) is 0 Å². The number of nitrogens with zero attached hydrogens (tertiary/aromatic N) is 1. The number of nitrogens with one attached hydrogen (secondary N) is 1. The highest BCUT2D eigenvalue weighted by atomic mass is 19.3. The predicted molar refractivity (Wildman–Crippen MR) is 35.8 cm³/mol. The first-order chi connectivity index (χ1) is 5.65. The average molecular weight is 178 g/mol. The molecule has 6 heteroatoms. The smallest absolute Gasteiger partial charge is 0.291 e.